The van der Waals surface area contributed by atoms with E-state index in [9.17, 15) is 0 Å². The van der Waals surface area contributed by atoms with E-state index in [2.05, 4.69) is 113 Å². The summed E-state index contributed by atoms with van der Waals surface area (Å²) in [5.74, 6) is 0. The van der Waals surface area contributed by atoms with E-state index in [4.69, 9.17) is 5.26 Å². The van der Waals surface area contributed by atoms with Gasteiger partial charge in [-0.25, -0.2) is 0 Å². The maximum Gasteiger partial charge on any atom is 0.0669 e. The van der Waals surface area contributed by atoms with E-state index in [1.165, 1.54) is 24.0 Å². The molecule has 0 aliphatic rings. The zero-order valence-electron chi connectivity index (χ0n) is 19.4. The quantitative estimate of drug-likeness (QED) is 0.438. The van der Waals surface area contributed by atoms with Crippen LogP contribution < -0.4 is 4.90 Å². The smallest absolute Gasteiger partial charge is 0.0669 e. The van der Waals surface area contributed by atoms with Crippen LogP contribution in [-0.4, -0.2) is 0 Å². The van der Waals surface area contributed by atoms with Crippen LogP contribution in [0.25, 0.3) is 0 Å². The van der Waals surface area contributed by atoms with Gasteiger partial charge in [0.1, 0.15) is 0 Å². The molecule has 3 aromatic carbocycles. The van der Waals surface area contributed by atoms with Crippen molar-refractivity contribution in [2.24, 2.45) is 0 Å². The molecule has 0 spiro atoms. The van der Waals surface area contributed by atoms with Gasteiger partial charge in [-0.05, 0) is 55.8 Å². The minimum Gasteiger partial charge on any atom is -0.310 e. The molecule has 30 heavy (non-hydrogen) atoms. The number of hydrogen-bond donors (Lipinski definition) is 0. The molecule has 3 rings (SSSR count). The fourth-order valence-corrected chi connectivity index (χ4v) is 2.73. The van der Waals surface area contributed by atoms with Crippen molar-refractivity contribution >= 4 is 17.1 Å². The monoisotopic (exact) mass is 400 g/mol. The highest BCUT2D eigenvalue weighted by Gasteiger charge is 2.12. The second-order valence-corrected chi connectivity index (χ2v) is 7.43. The second kappa shape index (κ2) is 14.0. The highest BCUT2D eigenvalue weighted by molar-refractivity contribution is 5.76. The first-order valence-corrected chi connectivity index (χ1v) is 10.9. The van der Waals surface area contributed by atoms with Gasteiger partial charge in [0.2, 0.25) is 0 Å². The molecule has 0 aliphatic heterocycles. The van der Waals surface area contributed by atoms with Crippen molar-refractivity contribution in [3.63, 3.8) is 0 Å². The number of anilines is 3. The Hall–Kier alpha value is -3.05. The Labute approximate surface area is 183 Å². The molecule has 0 saturated carbocycles. The Kier molecular flexibility index (Phi) is 11.7. The van der Waals surface area contributed by atoms with Gasteiger partial charge in [0.25, 0.3) is 0 Å². The molecule has 0 radical (unpaired) electrons. The molecule has 0 aliphatic carbocycles. The number of hydrogen-bond acceptors (Lipinski definition) is 2. The van der Waals surface area contributed by atoms with E-state index in [-0.39, 0.29) is 0 Å². The van der Waals surface area contributed by atoms with Gasteiger partial charge in [0.15, 0.2) is 0 Å². The average Bonchev–Trinajstić information content (AvgIpc) is 2.73. The highest BCUT2D eigenvalue weighted by Crippen LogP contribution is 2.35. The number of nitrogens with zero attached hydrogens (tertiary/aromatic N) is 2. The van der Waals surface area contributed by atoms with Crippen molar-refractivity contribution in [2.45, 2.75) is 60.8 Å². The number of rotatable bonds is 4. The number of benzene rings is 3. The van der Waals surface area contributed by atoms with Crippen molar-refractivity contribution < 1.29 is 0 Å². The summed E-state index contributed by atoms with van der Waals surface area (Å²) in [5, 5.41) is 8.98. The van der Waals surface area contributed by atoms with Gasteiger partial charge in [0, 0.05) is 17.1 Å². The molecule has 0 heterocycles. The molecule has 0 saturated heterocycles. The lowest BCUT2D eigenvalue weighted by Crippen LogP contribution is -2.10. The van der Waals surface area contributed by atoms with E-state index in [0.717, 1.165) is 22.6 Å². The van der Waals surface area contributed by atoms with E-state index >= 15 is 0 Å². The molecule has 0 N–H and O–H groups in total. The van der Waals surface area contributed by atoms with Gasteiger partial charge in [-0.1, -0.05) is 88.1 Å². The Bertz CT molecular complexity index is 840. The molecule has 158 valence electrons. The first-order valence-electron chi connectivity index (χ1n) is 10.9. The van der Waals surface area contributed by atoms with Gasteiger partial charge in [0.05, 0.1) is 12.5 Å². The molecule has 0 unspecified atom stereocenters. The van der Waals surface area contributed by atoms with E-state index in [0.29, 0.717) is 6.42 Å². The van der Waals surface area contributed by atoms with Crippen molar-refractivity contribution in [1.82, 2.24) is 0 Å². The highest BCUT2D eigenvalue weighted by atomic mass is 15.1. The van der Waals surface area contributed by atoms with Crippen molar-refractivity contribution in [3.8, 4) is 6.07 Å². The van der Waals surface area contributed by atoms with Crippen LogP contribution in [0.1, 0.15) is 57.2 Å². The minimum atomic E-state index is 0.420. The Morgan fingerprint density at radius 1 is 0.667 bits per heavy atom. The van der Waals surface area contributed by atoms with Gasteiger partial charge < -0.3 is 4.90 Å². The van der Waals surface area contributed by atoms with E-state index in [1.54, 1.807) is 0 Å². The van der Waals surface area contributed by atoms with Crippen LogP contribution in [0.5, 0.6) is 0 Å². The standard InChI is InChI=1S/C22H20N2.2C3H8/c1-17-6-10-20(11-7-17)24(21-12-8-18(2)9-13-21)22-5-3-4-19(16-22)14-15-23;2*1-3-2/h3-13,16H,14H2,1-2H3;2*3H2,1-2H3. The second-order valence-electron chi connectivity index (χ2n) is 7.43. The predicted octanol–water partition coefficient (Wildman–Crippen LogP) is 8.67. The largest absolute Gasteiger partial charge is 0.310 e. The van der Waals surface area contributed by atoms with E-state index in [1.807, 2.05) is 12.1 Å². The summed E-state index contributed by atoms with van der Waals surface area (Å²) in [5.41, 5.74) is 6.79. The first kappa shape index (κ1) is 25.0. The first-order chi connectivity index (χ1) is 14.5. The van der Waals surface area contributed by atoms with Gasteiger partial charge >= 0.3 is 0 Å². The van der Waals surface area contributed by atoms with Crippen LogP contribution in [0.2, 0.25) is 0 Å². The normalized spacial score (nSPS) is 9.37. The number of aryl methyl sites for hydroxylation is 2. The van der Waals surface area contributed by atoms with Crippen LogP contribution in [0.3, 0.4) is 0 Å². The lowest BCUT2D eigenvalue weighted by molar-refractivity contribution is 1.09. The molecule has 3 aromatic rings. The summed E-state index contributed by atoms with van der Waals surface area (Å²) < 4.78 is 0. The summed E-state index contributed by atoms with van der Waals surface area (Å²) in [6.07, 6.45) is 2.92. The molecule has 0 amide bonds. The number of nitriles is 1. The van der Waals surface area contributed by atoms with Crippen molar-refractivity contribution in [1.29, 1.82) is 5.26 Å². The molecule has 0 atom stereocenters. The molecule has 0 bridgehead atoms. The zero-order valence-corrected chi connectivity index (χ0v) is 19.4. The summed E-state index contributed by atoms with van der Waals surface area (Å²) in [4.78, 5) is 2.22. The summed E-state index contributed by atoms with van der Waals surface area (Å²) in [7, 11) is 0. The fourth-order valence-electron chi connectivity index (χ4n) is 2.73. The minimum absolute atomic E-state index is 0.420. The van der Waals surface area contributed by atoms with Gasteiger partial charge in [-0.2, -0.15) is 5.26 Å². The molecule has 2 heteroatoms. The van der Waals surface area contributed by atoms with Crippen LogP contribution >= 0.6 is 0 Å². The summed E-state index contributed by atoms with van der Waals surface area (Å²) in [6.45, 7) is 12.7. The molecular weight excluding hydrogens is 364 g/mol. The maximum absolute atomic E-state index is 8.98. The molecule has 0 aromatic heterocycles. The lowest BCUT2D eigenvalue weighted by Gasteiger charge is -2.26. The Morgan fingerprint density at radius 3 is 1.50 bits per heavy atom. The van der Waals surface area contributed by atoms with Gasteiger partial charge in [-0.3, -0.25) is 0 Å². The van der Waals surface area contributed by atoms with Crippen LogP contribution in [0.4, 0.5) is 17.1 Å². The van der Waals surface area contributed by atoms with Crippen molar-refractivity contribution in [2.75, 3.05) is 4.90 Å². The third-order valence-corrected chi connectivity index (χ3v) is 4.04. The Balaban J connectivity index is 0.000000672. The summed E-state index contributed by atoms with van der Waals surface area (Å²) >= 11 is 0. The zero-order chi connectivity index (χ0) is 22.4. The Morgan fingerprint density at radius 2 is 1.10 bits per heavy atom. The van der Waals surface area contributed by atoms with Crippen LogP contribution in [0, 0.1) is 25.2 Å². The average molecular weight is 401 g/mol. The third kappa shape index (κ3) is 8.13. The molecular formula is C28H36N2. The molecule has 0 fully saturated rings. The van der Waals surface area contributed by atoms with E-state index < -0.39 is 0 Å². The lowest BCUT2D eigenvalue weighted by atomic mass is 10.1. The SMILES string of the molecule is CCC.CCC.Cc1ccc(N(c2ccc(C)cc2)c2cccc(CC#N)c2)cc1. The fraction of sp³-hybridized carbons (Fsp3) is 0.321. The predicted molar refractivity (Wildman–Crippen MR) is 132 cm³/mol. The van der Waals surface area contributed by atoms with Crippen molar-refractivity contribution in [3.05, 3.63) is 89.5 Å². The van der Waals surface area contributed by atoms with Gasteiger partial charge in [-0.15, -0.1) is 0 Å². The molecule has 2 nitrogen and oxygen atoms in total. The summed E-state index contributed by atoms with van der Waals surface area (Å²) in [6, 6.07) is 27.4. The maximum atomic E-state index is 8.98. The third-order valence-electron chi connectivity index (χ3n) is 4.04. The van der Waals surface area contributed by atoms with Crippen LogP contribution in [0.15, 0.2) is 72.8 Å². The van der Waals surface area contributed by atoms with Crippen LogP contribution in [-0.2, 0) is 6.42 Å². The topological polar surface area (TPSA) is 27.0 Å².